The molecule has 0 aliphatic heterocycles. The highest BCUT2D eigenvalue weighted by molar-refractivity contribution is 5.91. The topological polar surface area (TPSA) is 49.7 Å². The standard InChI is InChI=1S/C21H29NO2/c1-21-8-7-17-16-5-4-15(24)10-18(16)13(12-23)9-19(17)20(21)6-3-14(21)11-22-2/h10-11,13,16-17,19-20,23H,2-9,12H2,1H3/b14-11+. The highest BCUT2D eigenvalue weighted by Crippen LogP contribution is 2.64. The van der Waals surface area contributed by atoms with Crippen LogP contribution in [0.4, 0.5) is 0 Å². The van der Waals surface area contributed by atoms with Crippen LogP contribution in [0.25, 0.3) is 0 Å². The molecule has 0 aromatic rings. The molecule has 4 aliphatic rings. The Balaban J connectivity index is 1.68. The van der Waals surface area contributed by atoms with Crippen LogP contribution in [0.2, 0.25) is 0 Å². The van der Waals surface area contributed by atoms with Crippen molar-refractivity contribution in [1.82, 2.24) is 0 Å². The number of carbonyl (C=O) groups is 1. The summed E-state index contributed by atoms with van der Waals surface area (Å²) in [7, 11) is 0. The Hall–Kier alpha value is -1.22. The van der Waals surface area contributed by atoms with Gasteiger partial charge in [-0.25, -0.2) is 0 Å². The molecular weight excluding hydrogens is 298 g/mol. The van der Waals surface area contributed by atoms with Gasteiger partial charge in [0.05, 0.1) is 0 Å². The van der Waals surface area contributed by atoms with Crippen molar-refractivity contribution in [2.75, 3.05) is 6.61 Å². The fourth-order valence-electron chi connectivity index (χ4n) is 6.68. The minimum absolute atomic E-state index is 0.194. The van der Waals surface area contributed by atoms with E-state index in [4.69, 9.17) is 0 Å². The highest BCUT2D eigenvalue weighted by Gasteiger charge is 2.55. The van der Waals surface area contributed by atoms with Gasteiger partial charge in [-0.1, -0.05) is 12.5 Å². The number of allylic oxidation sites excluding steroid dienone is 1. The number of aliphatic hydroxyl groups excluding tert-OH is 1. The lowest BCUT2D eigenvalue weighted by atomic mass is 9.50. The maximum absolute atomic E-state index is 11.9. The summed E-state index contributed by atoms with van der Waals surface area (Å²) in [4.78, 5) is 16.0. The summed E-state index contributed by atoms with van der Waals surface area (Å²) in [5, 5.41) is 9.96. The van der Waals surface area contributed by atoms with Crippen LogP contribution >= 0.6 is 0 Å². The molecule has 0 saturated heterocycles. The molecule has 3 saturated carbocycles. The summed E-state index contributed by atoms with van der Waals surface area (Å²) < 4.78 is 0. The Morgan fingerprint density at radius 3 is 2.92 bits per heavy atom. The molecule has 6 atom stereocenters. The van der Waals surface area contributed by atoms with Crippen LogP contribution in [0.3, 0.4) is 0 Å². The van der Waals surface area contributed by atoms with E-state index in [2.05, 4.69) is 18.6 Å². The molecule has 0 aromatic carbocycles. The van der Waals surface area contributed by atoms with Crippen LogP contribution in [-0.2, 0) is 4.79 Å². The molecule has 0 aromatic heterocycles. The summed E-state index contributed by atoms with van der Waals surface area (Å²) in [6.07, 6.45) is 11.6. The molecule has 4 rings (SSSR count). The van der Waals surface area contributed by atoms with E-state index in [0.29, 0.717) is 30.1 Å². The second kappa shape index (κ2) is 5.94. The van der Waals surface area contributed by atoms with Gasteiger partial charge >= 0.3 is 0 Å². The molecule has 3 nitrogen and oxygen atoms in total. The lowest BCUT2D eigenvalue weighted by Gasteiger charge is -2.54. The summed E-state index contributed by atoms with van der Waals surface area (Å²) in [6, 6.07) is 0. The molecule has 0 spiro atoms. The number of hydrogen-bond donors (Lipinski definition) is 1. The van der Waals surface area contributed by atoms with Gasteiger partial charge in [-0.3, -0.25) is 9.79 Å². The number of ketones is 1. The van der Waals surface area contributed by atoms with Crippen molar-refractivity contribution in [2.45, 2.75) is 51.9 Å². The Bertz CT molecular complexity index is 619. The third-order valence-corrected chi connectivity index (χ3v) is 7.81. The molecule has 6 unspecified atom stereocenters. The van der Waals surface area contributed by atoms with Gasteiger partial charge in [-0.2, -0.15) is 0 Å². The van der Waals surface area contributed by atoms with E-state index in [-0.39, 0.29) is 23.7 Å². The minimum Gasteiger partial charge on any atom is -0.396 e. The molecular formula is C21H29NO2. The fourth-order valence-corrected chi connectivity index (χ4v) is 6.68. The number of rotatable bonds is 2. The van der Waals surface area contributed by atoms with Gasteiger partial charge in [-0.15, -0.1) is 0 Å². The first-order valence-corrected chi connectivity index (χ1v) is 9.59. The fraction of sp³-hybridized carbons (Fsp3) is 0.714. The van der Waals surface area contributed by atoms with Crippen LogP contribution in [-0.4, -0.2) is 24.2 Å². The normalized spacial score (nSPS) is 46.1. The van der Waals surface area contributed by atoms with Gasteiger partial charge in [0, 0.05) is 25.1 Å². The van der Waals surface area contributed by atoms with E-state index < -0.39 is 0 Å². The van der Waals surface area contributed by atoms with E-state index in [0.717, 1.165) is 19.3 Å². The first-order valence-electron chi connectivity index (χ1n) is 9.59. The predicted molar refractivity (Wildman–Crippen MR) is 95.7 cm³/mol. The Morgan fingerprint density at radius 1 is 1.33 bits per heavy atom. The number of carbonyl (C=O) groups excluding carboxylic acids is 1. The van der Waals surface area contributed by atoms with Crippen LogP contribution < -0.4 is 0 Å². The van der Waals surface area contributed by atoms with Crippen molar-refractivity contribution in [1.29, 1.82) is 0 Å². The van der Waals surface area contributed by atoms with Gasteiger partial charge < -0.3 is 5.11 Å². The summed E-state index contributed by atoms with van der Waals surface area (Å²) in [5.41, 5.74) is 3.04. The van der Waals surface area contributed by atoms with Crippen molar-refractivity contribution in [3.63, 3.8) is 0 Å². The van der Waals surface area contributed by atoms with E-state index in [9.17, 15) is 9.90 Å². The number of aliphatic hydroxyl groups is 1. The number of hydrogen-bond acceptors (Lipinski definition) is 3. The average Bonchev–Trinajstić information content (AvgIpc) is 2.91. The van der Waals surface area contributed by atoms with E-state index in [1.54, 1.807) is 0 Å². The monoisotopic (exact) mass is 327 g/mol. The maximum Gasteiger partial charge on any atom is 0.155 e. The quantitative estimate of drug-likeness (QED) is 0.781. The smallest absolute Gasteiger partial charge is 0.155 e. The summed E-state index contributed by atoms with van der Waals surface area (Å²) in [5.74, 6) is 3.11. The van der Waals surface area contributed by atoms with Crippen molar-refractivity contribution >= 4 is 12.5 Å². The lowest BCUT2D eigenvalue weighted by molar-refractivity contribution is -0.116. The van der Waals surface area contributed by atoms with Crippen molar-refractivity contribution in [3.05, 3.63) is 23.4 Å². The molecule has 0 bridgehead atoms. The zero-order valence-electron chi connectivity index (χ0n) is 14.7. The molecule has 130 valence electrons. The zero-order valence-corrected chi connectivity index (χ0v) is 14.7. The van der Waals surface area contributed by atoms with Gasteiger partial charge in [0.1, 0.15) is 0 Å². The largest absolute Gasteiger partial charge is 0.396 e. The molecule has 24 heavy (non-hydrogen) atoms. The third-order valence-electron chi connectivity index (χ3n) is 7.81. The van der Waals surface area contributed by atoms with Crippen molar-refractivity contribution in [3.8, 4) is 0 Å². The number of nitrogens with zero attached hydrogens (tertiary/aromatic N) is 1. The highest BCUT2D eigenvalue weighted by atomic mass is 16.3. The first kappa shape index (κ1) is 16.3. The third kappa shape index (κ3) is 2.28. The van der Waals surface area contributed by atoms with E-state index in [1.165, 1.54) is 30.4 Å². The van der Waals surface area contributed by atoms with E-state index >= 15 is 0 Å². The minimum atomic E-state index is 0.194. The van der Waals surface area contributed by atoms with Crippen LogP contribution in [0.15, 0.2) is 28.4 Å². The zero-order chi connectivity index (χ0) is 16.9. The molecule has 3 fully saturated rings. The van der Waals surface area contributed by atoms with Crippen LogP contribution in [0, 0.1) is 35.0 Å². The lowest BCUT2D eigenvalue weighted by Crippen LogP contribution is -2.47. The second-order valence-electron chi connectivity index (χ2n) is 8.64. The summed E-state index contributed by atoms with van der Waals surface area (Å²) >= 11 is 0. The predicted octanol–water partition coefficient (Wildman–Crippen LogP) is 3.93. The number of fused-ring (bicyclic) bond motifs is 5. The molecule has 0 radical (unpaired) electrons. The van der Waals surface area contributed by atoms with Gasteiger partial charge in [-0.05, 0) is 86.0 Å². The van der Waals surface area contributed by atoms with Crippen molar-refractivity contribution < 1.29 is 9.90 Å². The maximum atomic E-state index is 11.9. The molecule has 4 aliphatic carbocycles. The Labute approximate surface area is 144 Å². The Kier molecular flexibility index (Phi) is 4.03. The Morgan fingerprint density at radius 2 is 2.17 bits per heavy atom. The SMILES string of the molecule is C=N/C=C1\CCC2C3CC(CO)C4=CC(=O)CCC4C3CCC12C. The first-order chi connectivity index (χ1) is 11.6. The number of aliphatic imine (C=N–C) groups is 1. The van der Waals surface area contributed by atoms with Crippen LogP contribution in [0.5, 0.6) is 0 Å². The molecule has 3 heteroatoms. The summed E-state index contributed by atoms with van der Waals surface area (Å²) in [6.45, 7) is 6.29. The van der Waals surface area contributed by atoms with Gasteiger partial charge in [0.25, 0.3) is 0 Å². The van der Waals surface area contributed by atoms with Gasteiger partial charge in [0.2, 0.25) is 0 Å². The second-order valence-corrected chi connectivity index (χ2v) is 8.64. The molecule has 0 amide bonds. The van der Waals surface area contributed by atoms with E-state index in [1.807, 2.05) is 12.3 Å². The molecule has 0 heterocycles. The average molecular weight is 327 g/mol. The molecule has 1 N–H and O–H groups in total. The van der Waals surface area contributed by atoms with Crippen molar-refractivity contribution in [2.24, 2.45) is 40.0 Å². The van der Waals surface area contributed by atoms with Crippen LogP contribution in [0.1, 0.15) is 51.9 Å². The van der Waals surface area contributed by atoms with Gasteiger partial charge in [0.15, 0.2) is 5.78 Å².